The zero-order chi connectivity index (χ0) is 40.3. The van der Waals surface area contributed by atoms with Crippen molar-refractivity contribution >= 4 is 10.8 Å². The third-order valence-electron chi connectivity index (χ3n) is 12.1. The molecule has 10 aromatic rings. The van der Waals surface area contributed by atoms with Crippen molar-refractivity contribution in [3.05, 3.63) is 235 Å². The van der Waals surface area contributed by atoms with E-state index >= 15 is 0 Å². The van der Waals surface area contributed by atoms with E-state index in [0.717, 1.165) is 55.3 Å². The molecule has 5 heteroatoms. The summed E-state index contributed by atoms with van der Waals surface area (Å²) in [6.07, 6.45) is 0. The molecule has 286 valence electrons. The Labute approximate surface area is 353 Å². The van der Waals surface area contributed by atoms with Crippen LogP contribution in [0, 0.1) is 0 Å². The number of benzene rings is 9. The summed E-state index contributed by atoms with van der Waals surface area (Å²) in [5, 5.41) is 2.20. The second-order valence-electron chi connectivity index (χ2n) is 15.4. The molecule has 9 aromatic carbocycles. The molecule has 2 aliphatic rings. The molecule has 0 fully saturated rings. The molecule has 61 heavy (non-hydrogen) atoms. The van der Waals surface area contributed by atoms with Gasteiger partial charge in [-0.2, -0.15) is 0 Å². The number of nitrogens with zero attached hydrogens (tertiary/aromatic N) is 3. The van der Waals surface area contributed by atoms with Crippen LogP contribution in [-0.2, 0) is 5.41 Å². The van der Waals surface area contributed by atoms with Crippen molar-refractivity contribution in [1.29, 1.82) is 0 Å². The van der Waals surface area contributed by atoms with Crippen molar-refractivity contribution < 1.29 is 9.47 Å². The summed E-state index contributed by atoms with van der Waals surface area (Å²) in [7, 11) is 0. The summed E-state index contributed by atoms with van der Waals surface area (Å²) in [5.74, 6) is 4.41. The number of hydrogen-bond acceptors (Lipinski definition) is 5. The third-order valence-corrected chi connectivity index (χ3v) is 12.1. The normalized spacial score (nSPS) is 13.0. The first-order valence-corrected chi connectivity index (χ1v) is 20.5. The number of fused-ring (bicyclic) bond motifs is 7. The van der Waals surface area contributed by atoms with E-state index in [-0.39, 0.29) is 0 Å². The molecule has 2 heterocycles. The number of ether oxygens (including phenoxy) is 2. The molecule has 0 bridgehead atoms. The van der Waals surface area contributed by atoms with Gasteiger partial charge in [-0.05, 0) is 56.3 Å². The zero-order valence-electron chi connectivity index (χ0n) is 32.9. The summed E-state index contributed by atoms with van der Waals surface area (Å²) in [6, 6.07) is 73.6. The monoisotopic (exact) mass is 781 g/mol. The van der Waals surface area contributed by atoms with Crippen LogP contribution >= 0.6 is 0 Å². The van der Waals surface area contributed by atoms with Gasteiger partial charge in [0.2, 0.25) is 0 Å². The van der Waals surface area contributed by atoms with Gasteiger partial charge in [-0.15, -0.1) is 0 Å². The van der Waals surface area contributed by atoms with Gasteiger partial charge in [-0.25, -0.2) is 15.0 Å². The Bertz CT molecular complexity index is 3270. The topological polar surface area (TPSA) is 57.1 Å². The second kappa shape index (κ2) is 14.0. The Kier molecular flexibility index (Phi) is 8.00. The second-order valence-corrected chi connectivity index (χ2v) is 15.4. The third kappa shape index (κ3) is 5.44. The van der Waals surface area contributed by atoms with Gasteiger partial charge < -0.3 is 9.47 Å². The van der Waals surface area contributed by atoms with Gasteiger partial charge in [-0.3, -0.25) is 0 Å². The van der Waals surface area contributed by atoms with Gasteiger partial charge in [-0.1, -0.05) is 200 Å². The summed E-state index contributed by atoms with van der Waals surface area (Å²) < 4.78 is 14.1. The van der Waals surface area contributed by atoms with Crippen LogP contribution in [-0.4, -0.2) is 15.0 Å². The first-order valence-electron chi connectivity index (χ1n) is 20.5. The Morgan fingerprint density at radius 1 is 0.328 bits per heavy atom. The van der Waals surface area contributed by atoms with Crippen molar-refractivity contribution in [3.63, 3.8) is 0 Å². The quantitative estimate of drug-likeness (QED) is 0.168. The molecular weight excluding hydrogens is 747 g/mol. The first kappa shape index (κ1) is 34.9. The predicted octanol–water partition coefficient (Wildman–Crippen LogP) is 14.0. The smallest absolute Gasteiger partial charge is 0.178 e. The van der Waals surface area contributed by atoms with Crippen molar-refractivity contribution in [2.24, 2.45) is 0 Å². The van der Waals surface area contributed by atoms with Crippen LogP contribution in [0.2, 0.25) is 0 Å². The summed E-state index contributed by atoms with van der Waals surface area (Å²) in [4.78, 5) is 15.5. The summed E-state index contributed by atoms with van der Waals surface area (Å²) in [6.45, 7) is 0. The lowest BCUT2D eigenvalue weighted by Gasteiger charge is -2.34. The predicted molar refractivity (Wildman–Crippen MR) is 243 cm³/mol. The van der Waals surface area contributed by atoms with E-state index in [1.807, 2.05) is 54.6 Å². The molecule has 1 aliphatic carbocycles. The molecule has 5 nitrogen and oxygen atoms in total. The molecule has 0 saturated heterocycles. The van der Waals surface area contributed by atoms with E-state index in [1.54, 1.807) is 0 Å². The highest BCUT2D eigenvalue weighted by molar-refractivity contribution is 5.96. The average Bonchev–Trinajstić information content (AvgIpc) is 3.65. The van der Waals surface area contributed by atoms with Crippen molar-refractivity contribution in [3.8, 4) is 79.4 Å². The molecule has 0 unspecified atom stereocenters. The number of aromatic nitrogens is 3. The minimum atomic E-state index is -0.573. The van der Waals surface area contributed by atoms with Crippen LogP contribution in [0.25, 0.3) is 67.2 Å². The molecule has 0 spiro atoms. The van der Waals surface area contributed by atoms with Crippen LogP contribution in [0.3, 0.4) is 0 Å². The standard InChI is InChI=1S/C56H35N3O2/c1-4-19-37(20-5-1)53-57-54(43-31-16-21-36-18-10-11-26-40(36)43)59-55(58-53)44-28-13-12-27-41(44)42-30-17-33-48-51(42)61-52-49(60-48)35-34-47-50(52)45-29-14-15-32-46(45)56(47,38-22-6-2-7-23-38)39-24-8-3-9-25-39/h1-35H. The lowest BCUT2D eigenvalue weighted by Crippen LogP contribution is -2.28. The lowest BCUT2D eigenvalue weighted by atomic mass is 9.68. The number of hydrogen-bond donors (Lipinski definition) is 0. The van der Waals surface area contributed by atoms with Gasteiger partial charge >= 0.3 is 0 Å². The molecule has 1 aromatic heterocycles. The van der Waals surface area contributed by atoms with Crippen LogP contribution in [0.15, 0.2) is 212 Å². The molecule has 0 amide bonds. The van der Waals surface area contributed by atoms with E-state index in [4.69, 9.17) is 24.4 Å². The highest BCUT2D eigenvalue weighted by Crippen LogP contribution is 2.63. The van der Waals surface area contributed by atoms with Gasteiger partial charge in [0.05, 0.1) is 5.41 Å². The van der Waals surface area contributed by atoms with Crippen LogP contribution < -0.4 is 9.47 Å². The lowest BCUT2D eigenvalue weighted by molar-refractivity contribution is 0.361. The molecule has 1 aliphatic heterocycles. The van der Waals surface area contributed by atoms with E-state index < -0.39 is 5.41 Å². The number of rotatable bonds is 6. The number of para-hydroxylation sites is 1. The van der Waals surface area contributed by atoms with Crippen LogP contribution in [0.1, 0.15) is 22.3 Å². The maximum Gasteiger partial charge on any atom is 0.178 e. The van der Waals surface area contributed by atoms with Gasteiger partial charge in [0.15, 0.2) is 40.5 Å². The molecule has 0 atom stereocenters. The van der Waals surface area contributed by atoms with E-state index in [9.17, 15) is 0 Å². The molecule has 12 rings (SSSR count). The molecule has 0 radical (unpaired) electrons. The van der Waals surface area contributed by atoms with E-state index in [2.05, 4.69) is 158 Å². The average molecular weight is 782 g/mol. The first-order chi connectivity index (χ1) is 30.3. The molecule has 0 N–H and O–H groups in total. The SMILES string of the molecule is c1ccc(-c2nc(-c3ccccc3-c3cccc4c3Oc3c(ccc5c3-c3ccccc3C5(c3ccccc3)c3ccccc3)O4)nc(-c3cccc4ccccc34)n2)cc1. The summed E-state index contributed by atoms with van der Waals surface area (Å²) in [5.41, 5.74) is 10.8. The highest BCUT2D eigenvalue weighted by atomic mass is 16.6. The Hall–Kier alpha value is -8.15. The summed E-state index contributed by atoms with van der Waals surface area (Å²) >= 11 is 0. The van der Waals surface area contributed by atoms with Crippen molar-refractivity contribution in [2.75, 3.05) is 0 Å². The van der Waals surface area contributed by atoms with Crippen molar-refractivity contribution in [2.45, 2.75) is 5.41 Å². The van der Waals surface area contributed by atoms with Crippen LogP contribution in [0.5, 0.6) is 23.0 Å². The fraction of sp³-hybridized carbons (Fsp3) is 0.0179. The fourth-order valence-corrected chi connectivity index (χ4v) is 9.46. The van der Waals surface area contributed by atoms with Gasteiger partial charge in [0.1, 0.15) is 0 Å². The fourth-order valence-electron chi connectivity index (χ4n) is 9.46. The van der Waals surface area contributed by atoms with Gasteiger partial charge in [0, 0.05) is 27.8 Å². The highest BCUT2D eigenvalue weighted by Gasteiger charge is 2.48. The minimum Gasteiger partial charge on any atom is -0.449 e. The van der Waals surface area contributed by atoms with Crippen molar-refractivity contribution in [1.82, 2.24) is 15.0 Å². The Morgan fingerprint density at radius 2 is 0.869 bits per heavy atom. The van der Waals surface area contributed by atoms with Gasteiger partial charge in [0.25, 0.3) is 0 Å². The molecule has 0 saturated carbocycles. The maximum absolute atomic E-state index is 7.27. The van der Waals surface area contributed by atoms with E-state index in [0.29, 0.717) is 40.5 Å². The maximum atomic E-state index is 7.27. The largest absolute Gasteiger partial charge is 0.449 e. The van der Waals surface area contributed by atoms with Crippen LogP contribution in [0.4, 0.5) is 0 Å². The minimum absolute atomic E-state index is 0.562. The zero-order valence-corrected chi connectivity index (χ0v) is 32.9. The Morgan fingerprint density at radius 3 is 1.64 bits per heavy atom. The van der Waals surface area contributed by atoms with E-state index in [1.165, 1.54) is 16.7 Å². The molecular formula is C56H35N3O2. The Balaban J connectivity index is 1.04.